The Morgan fingerprint density at radius 1 is 1.08 bits per heavy atom. The van der Waals surface area contributed by atoms with Crippen molar-refractivity contribution in [2.75, 3.05) is 33.3 Å². The fraction of sp³-hybridized carbons (Fsp3) is 0.533. The minimum absolute atomic E-state index is 0.152. The van der Waals surface area contributed by atoms with Gasteiger partial charge in [-0.2, -0.15) is 0 Å². The maximum Gasteiger partial charge on any atom is 0.410 e. The number of hydrogen-bond donors (Lipinski definition) is 0. The topological polar surface area (TPSA) is 68.3 Å². The summed E-state index contributed by atoms with van der Waals surface area (Å²) < 4.78 is 17.6. The largest absolute Gasteiger partial charge is 0.462 e. The van der Waals surface area contributed by atoms with Gasteiger partial charge in [0.2, 0.25) is 0 Å². The predicted octanol–water partition coefficient (Wildman–Crippen LogP) is 6.27. The summed E-state index contributed by atoms with van der Waals surface area (Å²) in [5.74, 6) is -0.369. The molecule has 2 aromatic carbocycles. The summed E-state index contributed by atoms with van der Waals surface area (Å²) in [6, 6.07) is 16.7. The van der Waals surface area contributed by atoms with Gasteiger partial charge in [0.1, 0.15) is 6.61 Å². The number of carbonyl (C=O) groups excluding carboxylic acids is 2. The fourth-order valence-electron chi connectivity index (χ4n) is 4.38. The van der Waals surface area contributed by atoms with E-state index in [1.165, 1.54) is 0 Å². The predicted molar refractivity (Wildman–Crippen MR) is 153 cm³/mol. The van der Waals surface area contributed by atoms with E-state index in [4.69, 9.17) is 13.9 Å². The molecular formula is C30H44N2O5Si. The molecular weight excluding hydrogens is 496 g/mol. The van der Waals surface area contributed by atoms with Crippen LogP contribution in [-0.4, -0.2) is 69.6 Å². The van der Waals surface area contributed by atoms with Gasteiger partial charge in [-0.05, 0) is 54.7 Å². The maximum atomic E-state index is 13.2. The summed E-state index contributed by atoms with van der Waals surface area (Å²) in [7, 11) is -0.118. The third-order valence-electron chi connectivity index (χ3n) is 7.67. The Balaban J connectivity index is 1.77. The molecule has 0 aromatic heterocycles. The van der Waals surface area contributed by atoms with E-state index in [1.807, 2.05) is 48.5 Å². The summed E-state index contributed by atoms with van der Waals surface area (Å²) in [6.07, 6.45) is 0.732. The summed E-state index contributed by atoms with van der Waals surface area (Å²) >= 11 is 0. The van der Waals surface area contributed by atoms with Crippen LogP contribution < -0.4 is 0 Å². The first-order chi connectivity index (χ1) is 17.9. The first-order valence-corrected chi connectivity index (χ1v) is 16.4. The normalized spacial score (nSPS) is 17.2. The summed E-state index contributed by atoms with van der Waals surface area (Å²) in [6.45, 7) is 16.0. The van der Waals surface area contributed by atoms with Crippen LogP contribution in [0.2, 0.25) is 18.1 Å². The van der Waals surface area contributed by atoms with Crippen molar-refractivity contribution in [3.05, 3.63) is 71.3 Å². The number of likely N-dealkylation sites (tertiary alicyclic amines) is 1. The minimum atomic E-state index is -1.88. The molecule has 8 heteroatoms. The molecule has 38 heavy (non-hydrogen) atoms. The molecule has 7 nitrogen and oxygen atoms in total. The van der Waals surface area contributed by atoms with Gasteiger partial charge in [0, 0.05) is 26.7 Å². The summed E-state index contributed by atoms with van der Waals surface area (Å²) in [5, 5.41) is 0.152. The number of nitrogens with zero attached hydrogens (tertiary/aromatic N) is 2. The van der Waals surface area contributed by atoms with E-state index in [2.05, 4.69) is 38.8 Å². The van der Waals surface area contributed by atoms with Gasteiger partial charge in [-0.15, -0.1) is 0 Å². The van der Waals surface area contributed by atoms with Crippen molar-refractivity contribution in [2.24, 2.45) is 0 Å². The van der Waals surface area contributed by atoms with E-state index in [9.17, 15) is 9.59 Å². The minimum Gasteiger partial charge on any atom is -0.462 e. The Morgan fingerprint density at radius 2 is 1.79 bits per heavy atom. The second-order valence-electron chi connectivity index (χ2n) is 11.6. The second kappa shape index (κ2) is 12.9. The number of rotatable bonds is 10. The van der Waals surface area contributed by atoms with Crippen LogP contribution in [0.3, 0.4) is 0 Å². The Bertz CT molecular complexity index is 1070. The van der Waals surface area contributed by atoms with Gasteiger partial charge in [0.25, 0.3) is 0 Å². The quantitative estimate of drug-likeness (QED) is 0.261. The van der Waals surface area contributed by atoms with Gasteiger partial charge < -0.3 is 18.8 Å². The lowest BCUT2D eigenvalue weighted by atomic mass is 10.0. The van der Waals surface area contributed by atoms with Crippen molar-refractivity contribution >= 4 is 20.4 Å². The van der Waals surface area contributed by atoms with E-state index in [-0.39, 0.29) is 29.8 Å². The van der Waals surface area contributed by atoms with E-state index in [1.54, 1.807) is 24.9 Å². The second-order valence-corrected chi connectivity index (χ2v) is 16.3. The number of esters is 1. The lowest BCUT2D eigenvalue weighted by Gasteiger charge is -2.38. The number of hydrogen-bond acceptors (Lipinski definition) is 6. The number of ether oxygens (including phenoxy) is 2. The van der Waals surface area contributed by atoms with Crippen LogP contribution in [0, 0.1) is 0 Å². The van der Waals surface area contributed by atoms with Crippen molar-refractivity contribution in [3.8, 4) is 0 Å². The molecule has 3 rings (SSSR count). The fourth-order valence-corrected chi connectivity index (χ4v) is 5.76. The standard InChI is InChI=1S/C30H44N2O5Si/c1-8-35-28(33)25-16-12-15-24(19-25)27(31(5)29(34)36-22-23-13-10-9-11-14-23)21-32-18-17-26(20-32)37-38(6,7)30(2,3)4/h9-16,19,26-27H,8,17-18,20-22H2,1-7H3/t26-,27+/m0/s1. The first-order valence-electron chi connectivity index (χ1n) is 13.5. The van der Waals surface area contributed by atoms with Gasteiger partial charge in [-0.3, -0.25) is 4.90 Å². The summed E-state index contributed by atoms with van der Waals surface area (Å²) in [4.78, 5) is 29.6. The molecule has 0 saturated carbocycles. The number of carbonyl (C=O) groups is 2. The molecule has 1 amide bonds. The Hall–Kier alpha value is -2.68. The lowest BCUT2D eigenvalue weighted by Crippen LogP contribution is -2.45. The summed E-state index contributed by atoms with van der Waals surface area (Å²) in [5.41, 5.74) is 2.27. The van der Waals surface area contributed by atoms with E-state index >= 15 is 0 Å². The Kier molecular flexibility index (Phi) is 10.1. The molecule has 2 atom stereocenters. The highest BCUT2D eigenvalue weighted by Crippen LogP contribution is 2.38. The highest BCUT2D eigenvalue weighted by atomic mass is 28.4. The molecule has 208 valence electrons. The van der Waals surface area contributed by atoms with Crippen LogP contribution in [0.15, 0.2) is 54.6 Å². The third kappa shape index (κ3) is 7.91. The molecule has 0 aliphatic carbocycles. The smallest absolute Gasteiger partial charge is 0.410 e. The van der Waals surface area contributed by atoms with Crippen molar-refractivity contribution in [1.82, 2.24) is 9.80 Å². The molecule has 0 spiro atoms. The van der Waals surface area contributed by atoms with Crippen LogP contribution in [-0.2, 0) is 20.5 Å². The SMILES string of the molecule is CCOC(=O)c1cccc([C@@H](CN2CC[C@H](O[Si](C)(C)C(C)(C)C)C2)N(C)C(=O)OCc2ccccc2)c1. The van der Waals surface area contributed by atoms with Gasteiger partial charge in [-0.25, -0.2) is 9.59 Å². The first kappa shape index (κ1) is 29.9. The Labute approximate surface area is 229 Å². The van der Waals surface area contributed by atoms with Crippen LogP contribution in [0.25, 0.3) is 0 Å². The van der Waals surface area contributed by atoms with Crippen LogP contribution >= 0.6 is 0 Å². The molecule has 0 radical (unpaired) electrons. The zero-order chi connectivity index (χ0) is 27.9. The van der Waals surface area contributed by atoms with E-state index < -0.39 is 14.4 Å². The molecule has 0 bridgehead atoms. The average Bonchev–Trinajstić information content (AvgIpc) is 3.31. The van der Waals surface area contributed by atoms with Crippen molar-refractivity contribution in [2.45, 2.75) is 71.0 Å². The monoisotopic (exact) mass is 540 g/mol. The van der Waals surface area contributed by atoms with Crippen molar-refractivity contribution in [3.63, 3.8) is 0 Å². The Morgan fingerprint density at radius 3 is 2.45 bits per heavy atom. The van der Waals surface area contributed by atoms with Crippen LogP contribution in [0.5, 0.6) is 0 Å². The van der Waals surface area contributed by atoms with Gasteiger partial charge >= 0.3 is 12.1 Å². The van der Waals surface area contributed by atoms with Crippen LogP contribution in [0.1, 0.15) is 61.6 Å². The molecule has 1 aliphatic heterocycles. The highest BCUT2D eigenvalue weighted by molar-refractivity contribution is 6.74. The zero-order valence-corrected chi connectivity index (χ0v) is 25.0. The van der Waals surface area contributed by atoms with Gasteiger partial charge in [-0.1, -0.05) is 63.2 Å². The molecule has 2 aromatic rings. The van der Waals surface area contributed by atoms with Crippen molar-refractivity contribution in [1.29, 1.82) is 0 Å². The van der Waals surface area contributed by atoms with Crippen molar-refractivity contribution < 1.29 is 23.5 Å². The maximum absolute atomic E-state index is 13.2. The molecule has 1 fully saturated rings. The van der Waals surface area contributed by atoms with Crippen LogP contribution in [0.4, 0.5) is 4.79 Å². The molecule has 1 heterocycles. The average molecular weight is 541 g/mol. The molecule has 0 unspecified atom stereocenters. The van der Waals surface area contributed by atoms with Gasteiger partial charge in [0.05, 0.1) is 24.3 Å². The number of benzene rings is 2. The zero-order valence-electron chi connectivity index (χ0n) is 24.0. The van der Waals surface area contributed by atoms with E-state index in [0.717, 1.165) is 30.6 Å². The molecule has 1 aliphatic rings. The number of likely N-dealkylation sites (N-methyl/N-ethyl adjacent to an activating group) is 1. The molecule has 1 saturated heterocycles. The highest BCUT2D eigenvalue weighted by Gasteiger charge is 2.41. The third-order valence-corrected chi connectivity index (χ3v) is 12.2. The van der Waals surface area contributed by atoms with Gasteiger partial charge in [0.15, 0.2) is 8.32 Å². The molecule has 0 N–H and O–H groups in total. The lowest BCUT2D eigenvalue weighted by molar-refractivity contribution is 0.0526. The number of amides is 1. The van der Waals surface area contributed by atoms with E-state index in [0.29, 0.717) is 18.7 Å².